The van der Waals surface area contributed by atoms with E-state index in [0.29, 0.717) is 11.6 Å². The minimum atomic E-state index is -0.202. The number of fused-ring (bicyclic) bond motifs is 7. The Balaban J connectivity index is 1.34. The van der Waals surface area contributed by atoms with E-state index < -0.39 is 0 Å². The molecule has 0 aliphatic heterocycles. The molecular weight excluding hydrogens is 597 g/mol. The van der Waals surface area contributed by atoms with Gasteiger partial charge in [-0.15, -0.1) is 0 Å². The van der Waals surface area contributed by atoms with Gasteiger partial charge >= 0.3 is 0 Å². The normalized spacial score (nSPS) is 14.3. The quantitative estimate of drug-likeness (QED) is 0.184. The van der Waals surface area contributed by atoms with Crippen LogP contribution in [0.1, 0.15) is 29.8 Å². The topological polar surface area (TPSA) is 43.6 Å². The fourth-order valence-corrected chi connectivity index (χ4v) is 7.55. The zero-order valence-corrected chi connectivity index (χ0v) is 27.1. The molecule has 0 radical (unpaired) electrons. The molecule has 0 saturated carbocycles. The first-order valence-corrected chi connectivity index (χ1v) is 16.7. The van der Waals surface area contributed by atoms with E-state index in [1.165, 1.54) is 43.7 Å². The lowest BCUT2D eigenvalue weighted by molar-refractivity contribution is 0.851. The van der Waals surface area contributed by atoms with Gasteiger partial charge in [0.2, 0.25) is 0 Å². The molecule has 0 saturated heterocycles. The van der Waals surface area contributed by atoms with Gasteiger partial charge in [-0.25, -0.2) is 15.0 Å². The number of para-hydroxylation sites is 2. The van der Waals surface area contributed by atoms with Crippen molar-refractivity contribution in [3.63, 3.8) is 0 Å². The highest BCUT2D eigenvalue weighted by atomic mass is 15.0. The molecule has 0 N–H and O–H groups in total. The third-order valence-electron chi connectivity index (χ3n) is 9.61. The van der Waals surface area contributed by atoms with Gasteiger partial charge in [0, 0.05) is 33.0 Å². The van der Waals surface area contributed by atoms with Crippen molar-refractivity contribution < 1.29 is 0 Å². The summed E-state index contributed by atoms with van der Waals surface area (Å²) in [5.74, 6) is 1.84. The fraction of sp³-hybridized carbons (Fsp3) is 0.0444. The maximum absolute atomic E-state index is 5.20. The Kier molecular flexibility index (Phi) is 6.87. The highest BCUT2D eigenvalue weighted by molar-refractivity contribution is 6.20. The first-order chi connectivity index (χ1) is 24.2. The second-order valence-corrected chi connectivity index (χ2v) is 12.4. The highest BCUT2D eigenvalue weighted by Crippen LogP contribution is 2.50. The van der Waals surface area contributed by atoms with Crippen molar-refractivity contribution in [3.05, 3.63) is 187 Å². The summed E-state index contributed by atoms with van der Waals surface area (Å²) >= 11 is 0. The molecule has 4 nitrogen and oxygen atoms in total. The third-order valence-corrected chi connectivity index (χ3v) is 9.61. The number of hydrogen-bond acceptors (Lipinski definition) is 3. The summed E-state index contributed by atoms with van der Waals surface area (Å²) in [5, 5.41) is 4.85. The van der Waals surface area contributed by atoms with Crippen LogP contribution in [0.15, 0.2) is 170 Å². The maximum Gasteiger partial charge on any atom is 0.163 e. The van der Waals surface area contributed by atoms with Crippen LogP contribution in [0.3, 0.4) is 0 Å². The molecule has 6 aromatic carbocycles. The van der Waals surface area contributed by atoms with E-state index in [1.807, 2.05) is 42.5 Å². The van der Waals surface area contributed by atoms with Crippen molar-refractivity contribution >= 4 is 38.2 Å². The van der Waals surface area contributed by atoms with Crippen LogP contribution in [0.5, 0.6) is 0 Å². The SMILES string of the molecule is C=CC1=C(/C=C\C)C(c2nc(-c3ccccc3)nc(-c3ccccc3)n2)c2ccc3c(ccc4c5ccccc5n(-c5ccccc5)c34)c21. The molecule has 9 rings (SSSR count). The smallest absolute Gasteiger partial charge is 0.163 e. The lowest BCUT2D eigenvalue weighted by Gasteiger charge is -2.17. The van der Waals surface area contributed by atoms with Gasteiger partial charge in [-0.1, -0.05) is 146 Å². The van der Waals surface area contributed by atoms with E-state index in [2.05, 4.69) is 133 Å². The predicted molar refractivity (Wildman–Crippen MR) is 203 cm³/mol. The molecule has 49 heavy (non-hydrogen) atoms. The molecule has 8 aromatic rings. The summed E-state index contributed by atoms with van der Waals surface area (Å²) < 4.78 is 2.40. The largest absolute Gasteiger partial charge is 0.309 e. The Hall–Kier alpha value is -6.39. The van der Waals surface area contributed by atoms with E-state index in [0.717, 1.165) is 33.8 Å². The molecule has 0 bridgehead atoms. The van der Waals surface area contributed by atoms with E-state index in [9.17, 15) is 0 Å². The van der Waals surface area contributed by atoms with Gasteiger partial charge in [0.1, 0.15) is 5.82 Å². The van der Waals surface area contributed by atoms with Crippen LogP contribution in [0.4, 0.5) is 0 Å². The van der Waals surface area contributed by atoms with Gasteiger partial charge in [-0.2, -0.15) is 0 Å². The molecule has 1 atom stereocenters. The van der Waals surface area contributed by atoms with Gasteiger partial charge in [-0.3, -0.25) is 0 Å². The summed E-state index contributed by atoms with van der Waals surface area (Å²) in [6, 6.07) is 48.8. The van der Waals surface area contributed by atoms with Gasteiger partial charge < -0.3 is 4.57 Å². The second-order valence-electron chi connectivity index (χ2n) is 12.4. The van der Waals surface area contributed by atoms with Gasteiger partial charge in [-0.05, 0) is 52.8 Å². The summed E-state index contributed by atoms with van der Waals surface area (Å²) in [7, 11) is 0. The van der Waals surface area contributed by atoms with Crippen molar-refractivity contribution in [2.45, 2.75) is 12.8 Å². The summed E-state index contributed by atoms with van der Waals surface area (Å²) in [5.41, 5.74) is 10.0. The Morgan fingerprint density at radius 1 is 0.592 bits per heavy atom. The Morgan fingerprint density at radius 2 is 1.16 bits per heavy atom. The number of benzene rings is 6. The van der Waals surface area contributed by atoms with Crippen LogP contribution in [-0.2, 0) is 0 Å². The van der Waals surface area contributed by atoms with Crippen LogP contribution in [0.2, 0.25) is 0 Å². The predicted octanol–water partition coefficient (Wildman–Crippen LogP) is 11.1. The monoisotopic (exact) mass is 628 g/mol. The molecule has 0 amide bonds. The standard InChI is InChI=1S/C45H32N4/c1-3-16-34-32(4-2)40-35-25-26-36-33-23-14-15-24-39(33)49(31-21-12-7-13-22-31)42(36)37(35)27-28-38(40)41(34)45-47-43(29-17-8-5-9-18-29)46-44(48-45)30-19-10-6-11-20-30/h3-28,41H,2H2,1H3/b16-3-. The first-order valence-electron chi connectivity index (χ1n) is 16.7. The van der Waals surface area contributed by atoms with Crippen molar-refractivity contribution in [2.75, 3.05) is 0 Å². The van der Waals surface area contributed by atoms with Crippen molar-refractivity contribution in [3.8, 4) is 28.5 Å². The van der Waals surface area contributed by atoms with Crippen LogP contribution in [0.25, 0.3) is 66.6 Å². The third kappa shape index (κ3) is 4.56. The summed E-state index contributed by atoms with van der Waals surface area (Å²) in [6.07, 6.45) is 6.30. The van der Waals surface area contributed by atoms with Crippen molar-refractivity contribution in [1.29, 1.82) is 0 Å². The molecule has 1 aliphatic rings. The van der Waals surface area contributed by atoms with E-state index >= 15 is 0 Å². The van der Waals surface area contributed by atoms with E-state index in [1.54, 1.807) is 0 Å². The maximum atomic E-state index is 5.20. The minimum Gasteiger partial charge on any atom is -0.309 e. The highest BCUT2D eigenvalue weighted by Gasteiger charge is 2.34. The zero-order chi connectivity index (χ0) is 32.9. The lowest BCUT2D eigenvalue weighted by atomic mass is 9.91. The number of allylic oxidation sites excluding steroid dienone is 5. The molecule has 1 unspecified atom stereocenters. The molecule has 232 valence electrons. The number of rotatable bonds is 6. The lowest BCUT2D eigenvalue weighted by Crippen LogP contribution is -2.10. The van der Waals surface area contributed by atoms with Crippen LogP contribution in [-0.4, -0.2) is 19.5 Å². The average Bonchev–Trinajstić information content (AvgIpc) is 3.68. The fourth-order valence-electron chi connectivity index (χ4n) is 7.55. The van der Waals surface area contributed by atoms with Crippen LogP contribution >= 0.6 is 0 Å². The van der Waals surface area contributed by atoms with Crippen LogP contribution < -0.4 is 0 Å². The Morgan fingerprint density at radius 3 is 1.82 bits per heavy atom. The number of aromatic nitrogens is 4. The van der Waals surface area contributed by atoms with Gasteiger partial charge in [0.25, 0.3) is 0 Å². The minimum absolute atomic E-state index is 0.202. The molecule has 2 heterocycles. The molecule has 4 heteroatoms. The average molecular weight is 629 g/mol. The first kappa shape index (κ1) is 28.8. The van der Waals surface area contributed by atoms with Gasteiger partial charge in [0.15, 0.2) is 11.6 Å². The molecule has 0 fully saturated rings. The molecule has 0 spiro atoms. The Bertz CT molecular complexity index is 2560. The molecule has 1 aliphatic carbocycles. The molecule has 2 aromatic heterocycles. The second kappa shape index (κ2) is 11.7. The van der Waals surface area contributed by atoms with Crippen LogP contribution in [0, 0.1) is 0 Å². The van der Waals surface area contributed by atoms with Gasteiger partial charge in [0.05, 0.1) is 17.0 Å². The van der Waals surface area contributed by atoms with E-state index in [-0.39, 0.29) is 5.92 Å². The van der Waals surface area contributed by atoms with E-state index in [4.69, 9.17) is 15.0 Å². The number of hydrogen-bond donors (Lipinski definition) is 0. The summed E-state index contributed by atoms with van der Waals surface area (Å²) in [6.45, 7) is 6.41. The number of nitrogens with zero attached hydrogens (tertiary/aromatic N) is 4. The summed E-state index contributed by atoms with van der Waals surface area (Å²) in [4.78, 5) is 15.4. The zero-order valence-electron chi connectivity index (χ0n) is 27.1. The van der Waals surface area contributed by atoms with Crippen molar-refractivity contribution in [1.82, 2.24) is 19.5 Å². The van der Waals surface area contributed by atoms with Crippen molar-refractivity contribution in [2.24, 2.45) is 0 Å². The molecular formula is C45H32N4. The Labute approximate surface area is 285 Å².